The van der Waals surface area contributed by atoms with Crippen LogP contribution in [-0.2, 0) is 0 Å². The number of amides is 2. The number of nitrogens with zero attached hydrogens (tertiary/aromatic N) is 2. The molecule has 0 aromatic heterocycles. The fraction of sp³-hybridized carbons (Fsp3) is 0.600. The zero-order valence-electron chi connectivity index (χ0n) is 11.8. The predicted molar refractivity (Wildman–Crippen MR) is 94.5 cm³/mol. The summed E-state index contributed by atoms with van der Waals surface area (Å²) in [7, 11) is 6.65. The Hall–Kier alpha value is -0.580. The molecule has 0 spiro atoms. The second-order valence-electron chi connectivity index (χ2n) is 3.95. The number of hydrogen-bond acceptors (Lipinski definition) is 6. The lowest BCUT2D eigenvalue weighted by atomic mass is 10.6. The van der Waals surface area contributed by atoms with Gasteiger partial charge >= 0.3 is 0 Å². The number of nitrogens with one attached hydrogen (secondary N) is 2. The van der Waals surface area contributed by atoms with Gasteiger partial charge in [0, 0.05) is 64.8 Å². The van der Waals surface area contributed by atoms with Crippen molar-refractivity contribution in [1.82, 2.24) is 20.4 Å². The monoisotopic (exact) mass is 354 g/mol. The van der Waals surface area contributed by atoms with Gasteiger partial charge in [-0.2, -0.15) is 0 Å². The molecule has 0 fully saturated rings. The second-order valence-corrected chi connectivity index (χ2v) is 7.21. The molecule has 0 saturated heterocycles. The first-order valence-corrected chi connectivity index (χ1v) is 8.03. The average molecular weight is 355 g/mol. The third kappa shape index (κ3) is 9.34. The summed E-state index contributed by atoms with van der Waals surface area (Å²) in [6.45, 7) is 1.03. The first kappa shape index (κ1) is 19.4. The van der Waals surface area contributed by atoms with Crippen LogP contribution in [0.15, 0.2) is 0 Å². The molecule has 0 aromatic rings. The van der Waals surface area contributed by atoms with Gasteiger partial charge in [0.25, 0.3) is 10.5 Å². The van der Waals surface area contributed by atoms with E-state index in [1.165, 1.54) is 9.80 Å². The summed E-state index contributed by atoms with van der Waals surface area (Å²) in [5, 5.41) is 5.59. The van der Waals surface area contributed by atoms with Gasteiger partial charge < -0.3 is 20.4 Å². The van der Waals surface area contributed by atoms with Crippen molar-refractivity contribution < 1.29 is 9.59 Å². The highest BCUT2D eigenvalue weighted by atomic mass is 32.2. The summed E-state index contributed by atoms with van der Waals surface area (Å²) >= 11 is 11.9. The van der Waals surface area contributed by atoms with Gasteiger partial charge in [0.2, 0.25) is 0 Å². The maximum Gasteiger partial charge on any atom is 0.288 e. The van der Waals surface area contributed by atoms with E-state index in [1.807, 2.05) is 0 Å². The van der Waals surface area contributed by atoms with Gasteiger partial charge in [0.15, 0.2) is 0 Å². The molecule has 0 saturated carbocycles. The minimum atomic E-state index is -0.127. The molecular weight excluding hydrogens is 336 g/mol. The van der Waals surface area contributed by atoms with Crippen molar-refractivity contribution >= 4 is 67.1 Å². The average Bonchev–Trinajstić information content (AvgIpc) is 2.34. The summed E-state index contributed by atoms with van der Waals surface area (Å²) in [4.78, 5) is 25.6. The maximum absolute atomic E-state index is 11.4. The largest absolute Gasteiger partial charge is 0.369 e. The van der Waals surface area contributed by atoms with E-state index in [-0.39, 0.29) is 10.5 Å². The van der Waals surface area contributed by atoms with E-state index in [4.69, 9.17) is 24.4 Å². The van der Waals surface area contributed by atoms with Crippen molar-refractivity contribution in [2.24, 2.45) is 0 Å². The third-order valence-corrected chi connectivity index (χ3v) is 4.28. The molecule has 6 nitrogen and oxygen atoms in total. The van der Waals surface area contributed by atoms with Gasteiger partial charge in [0.05, 0.1) is 0 Å². The molecule has 114 valence electrons. The van der Waals surface area contributed by atoms with E-state index in [1.54, 1.807) is 28.2 Å². The molecule has 0 radical (unpaired) electrons. The van der Waals surface area contributed by atoms with Crippen LogP contribution in [0.3, 0.4) is 0 Å². The number of rotatable bonds is 3. The molecule has 0 aliphatic carbocycles. The Balaban J connectivity index is 3.76. The van der Waals surface area contributed by atoms with Crippen molar-refractivity contribution in [3.8, 4) is 0 Å². The van der Waals surface area contributed by atoms with E-state index in [0.29, 0.717) is 21.7 Å². The SMILES string of the molecule is CN(C)C(=O)SC(=S)NCCNC(=S)SC(=O)N(C)C. The van der Waals surface area contributed by atoms with Gasteiger partial charge in [-0.1, -0.05) is 24.4 Å². The van der Waals surface area contributed by atoms with Crippen LogP contribution in [0.2, 0.25) is 0 Å². The molecular formula is C10H18N4O2S4. The summed E-state index contributed by atoms with van der Waals surface area (Å²) in [6.07, 6.45) is 0. The molecule has 2 N–H and O–H groups in total. The van der Waals surface area contributed by atoms with Crippen LogP contribution in [0.4, 0.5) is 9.59 Å². The van der Waals surface area contributed by atoms with Crippen molar-refractivity contribution in [2.75, 3.05) is 41.3 Å². The Morgan fingerprint density at radius 2 is 1.15 bits per heavy atom. The lowest BCUT2D eigenvalue weighted by Gasteiger charge is -2.13. The molecule has 10 heteroatoms. The van der Waals surface area contributed by atoms with Gasteiger partial charge in [-0.3, -0.25) is 9.59 Å². The molecule has 0 aliphatic heterocycles. The number of carbonyl (C=O) groups is 2. The zero-order valence-corrected chi connectivity index (χ0v) is 15.0. The lowest BCUT2D eigenvalue weighted by Crippen LogP contribution is -2.33. The van der Waals surface area contributed by atoms with Gasteiger partial charge in [-0.25, -0.2) is 0 Å². The van der Waals surface area contributed by atoms with E-state index in [9.17, 15) is 9.59 Å². The van der Waals surface area contributed by atoms with Crippen LogP contribution >= 0.6 is 48.0 Å². The minimum absolute atomic E-state index is 0.127. The number of thiocarbonyl (C=S) groups is 2. The number of thioether (sulfide) groups is 2. The van der Waals surface area contributed by atoms with Crippen LogP contribution in [0.5, 0.6) is 0 Å². The van der Waals surface area contributed by atoms with Gasteiger partial charge in [-0.15, -0.1) is 0 Å². The predicted octanol–water partition coefficient (Wildman–Crippen LogP) is 1.56. The van der Waals surface area contributed by atoms with Crippen LogP contribution < -0.4 is 10.6 Å². The molecule has 2 amide bonds. The fourth-order valence-corrected chi connectivity index (χ4v) is 2.41. The quantitative estimate of drug-likeness (QED) is 0.585. The summed E-state index contributed by atoms with van der Waals surface area (Å²) in [5.74, 6) is 0. The molecule has 0 rings (SSSR count). The zero-order chi connectivity index (χ0) is 15.7. The first-order valence-electron chi connectivity index (χ1n) is 5.58. The first-order chi connectivity index (χ1) is 9.23. The standard InChI is InChI=1S/C10H18N4O2S4/c1-13(2)9(15)19-7(17)11-5-6-12-8(18)20-10(16)14(3)4/h5-6H2,1-4H3,(H,11,17)(H,12,18). The summed E-state index contributed by atoms with van der Waals surface area (Å²) < 4.78 is 0.821. The Morgan fingerprint density at radius 1 is 0.850 bits per heavy atom. The number of carbonyl (C=O) groups excluding carboxylic acids is 2. The van der Waals surface area contributed by atoms with Crippen molar-refractivity contribution in [3.63, 3.8) is 0 Å². The highest BCUT2D eigenvalue weighted by molar-refractivity contribution is 8.33. The Bertz CT molecular complexity index is 351. The molecule has 0 bridgehead atoms. The van der Waals surface area contributed by atoms with Crippen LogP contribution in [0.25, 0.3) is 0 Å². The van der Waals surface area contributed by atoms with E-state index >= 15 is 0 Å². The molecule has 0 unspecified atom stereocenters. The lowest BCUT2D eigenvalue weighted by molar-refractivity contribution is 0.241. The van der Waals surface area contributed by atoms with E-state index in [0.717, 1.165) is 23.5 Å². The van der Waals surface area contributed by atoms with Crippen LogP contribution in [0, 0.1) is 0 Å². The van der Waals surface area contributed by atoms with Crippen molar-refractivity contribution in [1.29, 1.82) is 0 Å². The van der Waals surface area contributed by atoms with E-state index < -0.39 is 0 Å². The van der Waals surface area contributed by atoms with Crippen molar-refractivity contribution in [3.05, 3.63) is 0 Å². The van der Waals surface area contributed by atoms with Gasteiger partial charge in [0.1, 0.15) is 8.64 Å². The maximum atomic E-state index is 11.4. The topological polar surface area (TPSA) is 64.7 Å². The van der Waals surface area contributed by atoms with Crippen LogP contribution in [-0.4, -0.2) is 70.2 Å². The minimum Gasteiger partial charge on any atom is -0.369 e. The number of hydrogen-bond donors (Lipinski definition) is 2. The molecule has 20 heavy (non-hydrogen) atoms. The van der Waals surface area contributed by atoms with Crippen molar-refractivity contribution in [2.45, 2.75) is 0 Å². The van der Waals surface area contributed by atoms with E-state index in [2.05, 4.69) is 10.6 Å². The summed E-state index contributed by atoms with van der Waals surface area (Å²) in [5.41, 5.74) is 0. The molecule has 0 heterocycles. The highest BCUT2D eigenvalue weighted by Crippen LogP contribution is 2.07. The highest BCUT2D eigenvalue weighted by Gasteiger charge is 2.10. The molecule has 0 aliphatic rings. The smallest absolute Gasteiger partial charge is 0.288 e. The van der Waals surface area contributed by atoms with Gasteiger partial charge in [-0.05, 0) is 0 Å². The normalized spacial score (nSPS) is 9.60. The fourth-order valence-electron chi connectivity index (χ4n) is 0.742. The molecule has 0 aromatic carbocycles. The summed E-state index contributed by atoms with van der Waals surface area (Å²) in [6, 6.07) is 0. The Kier molecular flexibility index (Phi) is 9.90. The third-order valence-electron chi connectivity index (χ3n) is 1.75. The Morgan fingerprint density at radius 3 is 1.40 bits per heavy atom. The Labute approximate surface area is 138 Å². The molecule has 0 atom stereocenters. The van der Waals surface area contributed by atoms with Crippen LogP contribution in [0.1, 0.15) is 0 Å². The second kappa shape index (κ2) is 10.2.